The largest absolute Gasteiger partial charge is 0.478 e. The van der Waals surface area contributed by atoms with Crippen LogP contribution in [-0.2, 0) is 9.53 Å². The molecule has 1 amide bonds. The van der Waals surface area contributed by atoms with Crippen LogP contribution < -0.4 is 10.6 Å². The van der Waals surface area contributed by atoms with Crippen LogP contribution in [0.4, 0.5) is 5.69 Å². The van der Waals surface area contributed by atoms with E-state index in [2.05, 4.69) is 10.6 Å². The van der Waals surface area contributed by atoms with E-state index in [4.69, 9.17) is 9.84 Å². The molecule has 1 fully saturated rings. The smallest absolute Gasteiger partial charge is 0.335 e. The number of aryl methyl sites for hydroxylation is 1. The van der Waals surface area contributed by atoms with Crippen LogP contribution in [-0.4, -0.2) is 42.8 Å². The highest BCUT2D eigenvalue weighted by molar-refractivity contribution is 5.96. The SMILES string of the molecule is Cc1cc(C(=O)O)ccc1NC(=O)C1COCCN1. The van der Waals surface area contributed by atoms with Crippen molar-refractivity contribution in [2.24, 2.45) is 0 Å². The number of aromatic carboxylic acids is 1. The third-order valence-electron chi connectivity index (χ3n) is 2.97. The van der Waals surface area contributed by atoms with E-state index < -0.39 is 5.97 Å². The molecule has 102 valence electrons. The normalized spacial score (nSPS) is 18.9. The molecular formula is C13H16N2O4. The minimum atomic E-state index is -0.983. The molecule has 1 aliphatic heterocycles. The summed E-state index contributed by atoms with van der Waals surface area (Å²) in [5, 5.41) is 14.7. The lowest BCUT2D eigenvalue weighted by Crippen LogP contribution is -2.48. The number of carbonyl (C=O) groups is 2. The van der Waals surface area contributed by atoms with Crippen molar-refractivity contribution in [1.29, 1.82) is 0 Å². The summed E-state index contributed by atoms with van der Waals surface area (Å²) in [4.78, 5) is 22.8. The average Bonchev–Trinajstić information content (AvgIpc) is 2.41. The fraction of sp³-hybridized carbons (Fsp3) is 0.385. The van der Waals surface area contributed by atoms with Crippen molar-refractivity contribution >= 4 is 17.6 Å². The topological polar surface area (TPSA) is 87.7 Å². The number of hydrogen-bond acceptors (Lipinski definition) is 4. The molecule has 1 heterocycles. The van der Waals surface area contributed by atoms with Gasteiger partial charge in [-0.1, -0.05) is 0 Å². The van der Waals surface area contributed by atoms with Gasteiger partial charge in [0.25, 0.3) is 0 Å². The number of carboxylic acids is 1. The van der Waals surface area contributed by atoms with Gasteiger partial charge < -0.3 is 20.5 Å². The fourth-order valence-corrected chi connectivity index (χ4v) is 1.89. The van der Waals surface area contributed by atoms with E-state index in [0.29, 0.717) is 31.0 Å². The first-order chi connectivity index (χ1) is 9.08. The van der Waals surface area contributed by atoms with Gasteiger partial charge in [0.05, 0.1) is 18.8 Å². The molecule has 1 saturated heterocycles. The molecule has 1 unspecified atom stereocenters. The zero-order valence-corrected chi connectivity index (χ0v) is 10.6. The second kappa shape index (κ2) is 5.81. The lowest BCUT2D eigenvalue weighted by atomic mass is 10.1. The molecular weight excluding hydrogens is 248 g/mol. The monoisotopic (exact) mass is 264 g/mol. The standard InChI is InChI=1S/C13H16N2O4/c1-8-6-9(13(17)18)2-3-10(8)15-12(16)11-7-19-5-4-14-11/h2-3,6,11,14H,4-5,7H2,1H3,(H,15,16)(H,17,18). The lowest BCUT2D eigenvalue weighted by molar-refractivity contribution is -0.120. The second-order valence-electron chi connectivity index (χ2n) is 4.41. The number of nitrogens with one attached hydrogen (secondary N) is 2. The van der Waals surface area contributed by atoms with Crippen molar-refractivity contribution in [1.82, 2.24) is 5.32 Å². The molecule has 19 heavy (non-hydrogen) atoms. The van der Waals surface area contributed by atoms with E-state index in [-0.39, 0.29) is 17.5 Å². The van der Waals surface area contributed by atoms with Crippen LogP contribution >= 0.6 is 0 Å². The highest BCUT2D eigenvalue weighted by atomic mass is 16.5. The summed E-state index contributed by atoms with van der Waals surface area (Å²) >= 11 is 0. The Bertz CT molecular complexity index is 495. The Morgan fingerprint density at radius 2 is 2.26 bits per heavy atom. The van der Waals surface area contributed by atoms with Gasteiger partial charge in [0.15, 0.2) is 0 Å². The molecule has 0 aromatic heterocycles. The maximum atomic E-state index is 12.0. The Labute approximate surface area is 110 Å². The summed E-state index contributed by atoms with van der Waals surface area (Å²) in [6, 6.07) is 4.23. The molecule has 1 aliphatic rings. The van der Waals surface area contributed by atoms with Gasteiger partial charge in [-0.3, -0.25) is 4.79 Å². The summed E-state index contributed by atoms with van der Waals surface area (Å²) < 4.78 is 5.22. The van der Waals surface area contributed by atoms with E-state index >= 15 is 0 Å². The molecule has 6 heteroatoms. The summed E-state index contributed by atoms with van der Waals surface area (Å²) in [6.07, 6.45) is 0. The Morgan fingerprint density at radius 3 is 2.84 bits per heavy atom. The maximum Gasteiger partial charge on any atom is 0.335 e. The van der Waals surface area contributed by atoms with Gasteiger partial charge in [0, 0.05) is 12.2 Å². The number of benzene rings is 1. The minimum absolute atomic E-state index is 0.175. The molecule has 3 N–H and O–H groups in total. The molecule has 1 atom stereocenters. The highest BCUT2D eigenvalue weighted by Gasteiger charge is 2.21. The molecule has 0 aliphatic carbocycles. The molecule has 0 spiro atoms. The first kappa shape index (κ1) is 13.5. The van der Waals surface area contributed by atoms with Crippen LogP contribution in [0.5, 0.6) is 0 Å². The van der Waals surface area contributed by atoms with E-state index in [1.54, 1.807) is 13.0 Å². The number of ether oxygens (including phenoxy) is 1. The Kier molecular flexibility index (Phi) is 4.13. The number of carbonyl (C=O) groups excluding carboxylic acids is 1. The van der Waals surface area contributed by atoms with Crippen molar-refractivity contribution < 1.29 is 19.4 Å². The van der Waals surface area contributed by atoms with Crippen molar-refractivity contribution in [3.8, 4) is 0 Å². The van der Waals surface area contributed by atoms with Gasteiger partial charge in [-0.25, -0.2) is 4.79 Å². The lowest BCUT2D eigenvalue weighted by Gasteiger charge is -2.23. The summed E-state index contributed by atoms with van der Waals surface area (Å²) in [6.45, 7) is 3.36. The number of rotatable bonds is 3. The van der Waals surface area contributed by atoms with Gasteiger partial charge in [0.1, 0.15) is 6.04 Å². The van der Waals surface area contributed by atoms with Gasteiger partial charge in [-0.15, -0.1) is 0 Å². The quantitative estimate of drug-likeness (QED) is 0.745. The Morgan fingerprint density at radius 1 is 1.47 bits per heavy atom. The molecule has 0 radical (unpaired) electrons. The zero-order valence-electron chi connectivity index (χ0n) is 10.6. The Balaban J connectivity index is 2.06. The van der Waals surface area contributed by atoms with Crippen molar-refractivity contribution in [3.05, 3.63) is 29.3 Å². The number of hydrogen-bond donors (Lipinski definition) is 3. The second-order valence-corrected chi connectivity index (χ2v) is 4.41. The van der Waals surface area contributed by atoms with Gasteiger partial charge >= 0.3 is 5.97 Å². The van der Waals surface area contributed by atoms with Crippen molar-refractivity contribution in [2.45, 2.75) is 13.0 Å². The molecule has 0 saturated carbocycles. The van der Waals surface area contributed by atoms with Crippen LogP contribution in [0.2, 0.25) is 0 Å². The minimum Gasteiger partial charge on any atom is -0.478 e. The van der Waals surface area contributed by atoms with E-state index in [9.17, 15) is 9.59 Å². The number of amides is 1. The molecule has 1 aromatic carbocycles. The summed E-state index contributed by atoms with van der Waals surface area (Å²) in [7, 11) is 0. The van der Waals surface area contributed by atoms with Crippen LogP contribution in [0.3, 0.4) is 0 Å². The summed E-state index contributed by atoms with van der Waals surface area (Å²) in [5.74, 6) is -1.16. The van der Waals surface area contributed by atoms with E-state index in [0.717, 1.165) is 0 Å². The van der Waals surface area contributed by atoms with E-state index in [1.165, 1.54) is 12.1 Å². The maximum absolute atomic E-state index is 12.0. The van der Waals surface area contributed by atoms with Gasteiger partial charge in [-0.2, -0.15) is 0 Å². The molecule has 0 bridgehead atoms. The first-order valence-electron chi connectivity index (χ1n) is 6.04. The van der Waals surface area contributed by atoms with Crippen LogP contribution in [0.25, 0.3) is 0 Å². The third kappa shape index (κ3) is 3.30. The summed E-state index contributed by atoms with van der Waals surface area (Å²) in [5.41, 5.74) is 1.53. The van der Waals surface area contributed by atoms with Crippen LogP contribution in [0.15, 0.2) is 18.2 Å². The third-order valence-corrected chi connectivity index (χ3v) is 2.97. The van der Waals surface area contributed by atoms with Gasteiger partial charge in [0.2, 0.25) is 5.91 Å². The number of morpholine rings is 1. The predicted molar refractivity (Wildman–Crippen MR) is 69.4 cm³/mol. The van der Waals surface area contributed by atoms with Crippen LogP contribution in [0, 0.1) is 6.92 Å². The average molecular weight is 264 g/mol. The predicted octanol–water partition coefficient (Wildman–Crippen LogP) is 0.620. The zero-order chi connectivity index (χ0) is 13.8. The number of anilines is 1. The fourth-order valence-electron chi connectivity index (χ4n) is 1.89. The Hall–Kier alpha value is -1.92. The number of carboxylic acid groups (broad SMARTS) is 1. The van der Waals surface area contributed by atoms with Crippen molar-refractivity contribution in [2.75, 3.05) is 25.1 Å². The highest BCUT2D eigenvalue weighted by Crippen LogP contribution is 2.17. The van der Waals surface area contributed by atoms with Crippen molar-refractivity contribution in [3.63, 3.8) is 0 Å². The van der Waals surface area contributed by atoms with Crippen LogP contribution in [0.1, 0.15) is 15.9 Å². The first-order valence-corrected chi connectivity index (χ1v) is 6.04. The molecule has 2 rings (SSSR count). The van der Waals surface area contributed by atoms with E-state index in [1.807, 2.05) is 0 Å². The van der Waals surface area contributed by atoms with Gasteiger partial charge in [-0.05, 0) is 30.7 Å². The molecule has 6 nitrogen and oxygen atoms in total. The molecule has 1 aromatic rings.